The number of carbonyl (C=O) groups excluding carboxylic acids is 1. The summed E-state index contributed by atoms with van der Waals surface area (Å²) in [5.74, 6) is 0. The average Bonchev–Trinajstić information content (AvgIpc) is 1.65. The quantitative estimate of drug-likeness (QED) is 0.400. The lowest BCUT2D eigenvalue weighted by atomic mass is 10.6. The fourth-order valence-electron chi connectivity index (χ4n) is 0.113. The summed E-state index contributed by atoms with van der Waals surface area (Å²) in [6.45, 7) is 1.64. The molecular formula is C4H4Cl2O. The van der Waals surface area contributed by atoms with Gasteiger partial charge in [-0.1, -0.05) is 17.7 Å². The molecule has 0 saturated heterocycles. The largest absolute Gasteiger partial charge is 0.275 e. The summed E-state index contributed by atoms with van der Waals surface area (Å²) in [6.07, 6.45) is 1.44. The van der Waals surface area contributed by atoms with Gasteiger partial charge in [0.25, 0.3) is 5.24 Å². The van der Waals surface area contributed by atoms with Gasteiger partial charge in [0.15, 0.2) is 0 Å². The van der Waals surface area contributed by atoms with Crippen LogP contribution in [0.4, 0.5) is 0 Å². The van der Waals surface area contributed by atoms with Crippen LogP contribution in [-0.2, 0) is 4.79 Å². The molecule has 1 nitrogen and oxygen atoms in total. The summed E-state index contributed by atoms with van der Waals surface area (Å²) < 4.78 is 0. The maximum Gasteiger partial charge on any atom is 0.263 e. The Morgan fingerprint density at radius 2 is 2.00 bits per heavy atom. The number of hydrogen-bond donors (Lipinski definition) is 0. The van der Waals surface area contributed by atoms with Crippen LogP contribution in [0.25, 0.3) is 0 Å². The van der Waals surface area contributed by atoms with Crippen LogP contribution in [0.5, 0.6) is 0 Å². The van der Waals surface area contributed by atoms with Gasteiger partial charge in [-0.05, 0) is 18.5 Å². The lowest BCUT2D eigenvalue weighted by Crippen LogP contribution is -1.80. The van der Waals surface area contributed by atoms with Gasteiger partial charge >= 0.3 is 0 Å². The highest BCUT2D eigenvalue weighted by atomic mass is 35.5. The Morgan fingerprint density at radius 1 is 1.57 bits per heavy atom. The molecule has 0 bridgehead atoms. The standard InChI is InChI=1S/C4H4Cl2O/c1-2-3(5)4(6)7/h2H,1H3/b3-2+. The van der Waals surface area contributed by atoms with E-state index in [-0.39, 0.29) is 5.03 Å². The summed E-state index contributed by atoms with van der Waals surface area (Å²) in [4.78, 5) is 9.94. The van der Waals surface area contributed by atoms with Gasteiger partial charge in [-0.15, -0.1) is 0 Å². The van der Waals surface area contributed by atoms with Crippen molar-refractivity contribution in [1.82, 2.24) is 0 Å². The lowest BCUT2D eigenvalue weighted by molar-refractivity contribution is -0.108. The van der Waals surface area contributed by atoms with E-state index in [2.05, 4.69) is 0 Å². The molecule has 0 spiro atoms. The topological polar surface area (TPSA) is 17.1 Å². The van der Waals surface area contributed by atoms with Crippen molar-refractivity contribution >= 4 is 28.4 Å². The first-order chi connectivity index (χ1) is 3.18. The maximum absolute atomic E-state index is 9.94. The smallest absolute Gasteiger partial charge is 0.263 e. The molecule has 0 aromatic rings. The number of hydrogen-bond acceptors (Lipinski definition) is 1. The van der Waals surface area contributed by atoms with E-state index in [0.717, 1.165) is 0 Å². The molecule has 0 saturated carbocycles. The van der Waals surface area contributed by atoms with Crippen molar-refractivity contribution in [3.05, 3.63) is 11.1 Å². The zero-order valence-corrected chi connectivity index (χ0v) is 5.25. The summed E-state index contributed by atoms with van der Waals surface area (Å²) >= 11 is 10.1. The normalized spacial score (nSPS) is 11.6. The zero-order chi connectivity index (χ0) is 5.86. The van der Waals surface area contributed by atoms with Crippen LogP contribution in [0.3, 0.4) is 0 Å². The molecule has 0 aromatic carbocycles. The van der Waals surface area contributed by atoms with Gasteiger partial charge in [-0.25, -0.2) is 0 Å². The second-order valence-electron chi connectivity index (χ2n) is 0.910. The first-order valence-corrected chi connectivity index (χ1v) is 2.45. The molecule has 40 valence electrons. The molecule has 3 heteroatoms. The Hall–Kier alpha value is -0.0100. The Kier molecular flexibility index (Phi) is 3.05. The third kappa shape index (κ3) is 2.66. The van der Waals surface area contributed by atoms with Gasteiger partial charge < -0.3 is 0 Å². The molecule has 0 unspecified atom stereocenters. The highest BCUT2D eigenvalue weighted by Crippen LogP contribution is 2.03. The minimum Gasteiger partial charge on any atom is -0.275 e. The molecule has 7 heavy (non-hydrogen) atoms. The predicted molar refractivity (Wildman–Crippen MR) is 30.5 cm³/mol. The van der Waals surface area contributed by atoms with E-state index in [9.17, 15) is 4.79 Å². The highest BCUT2D eigenvalue weighted by Gasteiger charge is 1.96. The highest BCUT2D eigenvalue weighted by molar-refractivity contribution is 6.74. The lowest BCUT2D eigenvalue weighted by Gasteiger charge is -1.79. The predicted octanol–water partition coefficient (Wildman–Crippen LogP) is 1.89. The van der Waals surface area contributed by atoms with E-state index in [1.54, 1.807) is 6.92 Å². The van der Waals surface area contributed by atoms with Crippen LogP contribution < -0.4 is 0 Å². The molecule has 0 amide bonds. The van der Waals surface area contributed by atoms with Crippen molar-refractivity contribution < 1.29 is 4.79 Å². The van der Waals surface area contributed by atoms with Crippen LogP contribution in [0.15, 0.2) is 11.1 Å². The fraction of sp³-hybridized carbons (Fsp3) is 0.250. The van der Waals surface area contributed by atoms with Crippen LogP contribution in [0.1, 0.15) is 6.92 Å². The Balaban J connectivity index is 3.82. The number of carbonyl (C=O) groups is 1. The monoisotopic (exact) mass is 138 g/mol. The van der Waals surface area contributed by atoms with E-state index < -0.39 is 5.24 Å². The Bertz CT molecular complexity index is 106. The molecule has 0 rings (SSSR count). The molecule has 0 radical (unpaired) electrons. The summed E-state index contributed by atoms with van der Waals surface area (Å²) in [7, 11) is 0. The van der Waals surface area contributed by atoms with Crippen LogP contribution >= 0.6 is 23.2 Å². The average molecular weight is 139 g/mol. The van der Waals surface area contributed by atoms with Crippen LogP contribution in [0.2, 0.25) is 0 Å². The van der Waals surface area contributed by atoms with Gasteiger partial charge in [0, 0.05) is 0 Å². The molecule has 0 aliphatic rings. The third-order valence-electron chi connectivity index (χ3n) is 0.441. The number of halogens is 2. The molecule has 0 fully saturated rings. The molecule has 0 heterocycles. The molecule has 0 N–H and O–H groups in total. The number of allylic oxidation sites excluding steroid dienone is 2. The SMILES string of the molecule is C/C=C(/Cl)C(=O)Cl. The van der Waals surface area contributed by atoms with Crippen molar-refractivity contribution in [1.29, 1.82) is 0 Å². The van der Waals surface area contributed by atoms with Crippen molar-refractivity contribution in [3.8, 4) is 0 Å². The van der Waals surface area contributed by atoms with E-state index in [1.165, 1.54) is 6.08 Å². The van der Waals surface area contributed by atoms with E-state index >= 15 is 0 Å². The minimum absolute atomic E-state index is 0.0710. The second kappa shape index (κ2) is 3.05. The zero-order valence-electron chi connectivity index (χ0n) is 3.74. The summed E-state index contributed by atoms with van der Waals surface area (Å²) in [5, 5.41) is -0.536. The Labute approximate surface area is 51.9 Å². The van der Waals surface area contributed by atoms with Gasteiger partial charge in [0.2, 0.25) is 0 Å². The number of rotatable bonds is 1. The first kappa shape index (κ1) is 6.99. The molecule has 0 aliphatic carbocycles. The van der Waals surface area contributed by atoms with Gasteiger partial charge in [-0.3, -0.25) is 4.79 Å². The van der Waals surface area contributed by atoms with Gasteiger partial charge in [0.05, 0.1) is 5.03 Å². The van der Waals surface area contributed by atoms with E-state index in [0.29, 0.717) is 0 Å². The van der Waals surface area contributed by atoms with Crippen molar-refractivity contribution in [2.45, 2.75) is 6.92 Å². The third-order valence-corrected chi connectivity index (χ3v) is 1.13. The maximum atomic E-state index is 9.94. The minimum atomic E-state index is -0.607. The van der Waals surface area contributed by atoms with E-state index in [1.807, 2.05) is 0 Å². The first-order valence-electron chi connectivity index (χ1n) is 1.70. The van der Waals surface area contributed by atoms with Crippen LogP contribution in [0, 0.1) is 0 Å². The molecule has 0 aromatic heterocycles. The van der Waals surface area contributed by atoms with Crippen molar-refractivity contribution in [2.24, 2.45) is 0 Å². The van der Waals surface area contributed by atoms with Crippen molar-refractivity contribution in [2.75, 3.05) is 0 Å². The summed E-state index contributed by atoms with van der Waals surface area (Å²) in [5.41, 5.74) is 0. The fourth-order valence-corrected chi connectivity index (χ4v) is 0.223. The summed E-state index contributed by atoms with van der Waals surface area (Å²) in [6, 6.07) is 0. The second-order valence-corrected chi connectivity index (χ2v) is 1.66. The van der Waals surface area contributed by atoms with Gasteiger partial charge in [0.1, 0.15) is 0 Å². The molecule has 0 aliphatic heterocycles. The Morgan fingerprint density at radius 3 is 2.00 bits per heavy atom. The van der Waals surface area contributed by atoms with E-state index in [4.69, 9.17) is 23.2 Å². The molecule has 0 atom stereocenters. The van der Waals surface area contributed by atoms with Crippen molar-refractivity contribution in [3.63, 3.8) is 0 Å². The van der Waals surface area contributed by atoms with Gasteiger partial charge in [-0.2, -0.15) is 0 Å². The molecular weight excluding hydrogens is 135 g/mol. The van der Waals surface area contributed by atoms with Crippen LogP contribution in [-0.4, -0.2) is 5.24 Å².